The number of likely N-dealkylation sites (N-methyl/N-ethyl adjacent to an activating group) is 2. The van der Waals surface area contributed by atoms with Crippen molar-refractivity contribution in [1.29, 1.82) is 0 Å². The highest BCUT2D eigenvalue weighted by Crippen LogP contribution is 2.20. The first-order valence-electron chi connectivity index (χ1n) is 9.42. The van der Waals surface area contributed by atoms with E-state index in [-0.39, 0.29) is 29.8 Å². The Morgan fingerprint density at radius 3 is 2.48 bits per heavy atom. The highest BCUT2D eigenvalue weighted by atomic mass is 127. The van der Waals surface area contributed by atoms with E-state index in [4.69, 9.17) is 0 Å². The standard InChI is InChI=1S/C19H31FN6.HI/c1-21-19(22-14-16-15-23(2)8-9-24(16)3)26-12-10-25(11-13-26)18-7-5-4-6-17(18)20;/h4-7,16H,8-15H2,1-3H3,(H,21,22);1H. The van der Waals surface area contributed by atoms with Crippen molar-refractivity contribution < 1.29 is 4.39 Å². The maximum Gasteiger partial charge on any atom is 0.193 e. The third kappa shape index (κ3) is 5.68. The number of anilines is 1. The van der Waals surface area contributed by atoms with Gasteiger partial charge in [-0.2, -0.15) is 0 Å². The fourth-order valence-corrected chi connectivity index (χ4v) is 3.73. The molecule has 1 aromatic rings. The summed E-state index contributed by atoms with van der Waals surface area (Å²) >= 11 is 0. The lowest BCUT2D eigenvalue weighted by atomic mass is 10.2. The first-order valence-corrected chi connectivity index (χ1v) is 9.42. The smallest absolute Gasteiger partial charge is 0.193 e. The lowest BCUT2D eigenvalue weighted by molar-refractivity contribution is 0.116. The molecule has 1 unspecified atom stereocenters. The van der Waals surface area contributed by atoms with Crippen molar-refractivity contribution in [3.8, 4) is 0 Å². The Kier molecular flexibility index (Phi) is 8.56. The van der Waals surface area contributed by atoms with E-state index in [0.29, 0.717) is 11.7 Å². The fraction of sp³-hybridized carbons (Fsp3) is 0.632. The topological polar surface area (TPSA) is 37.4 Å². The average molecular weight is 490 g/mol. The number of aliphatic imine (C=N–C) groups is 1. The van der Waals surface area contributed by atoms with E-state index in [9.17, 15) is 4.39 Å². The summed E-state index contributed by atoms with van der Waals surface area (Å²) in [6, 6.07) is 7.50. The second-order valence-corrected chi connectivity index (χ2v) is 7.25. The van der Waals surface area contributed by atoms with Gasteiger partial charge in [0, 0.05) is 65.4 Å². The van der Waals surface area contributed by atoms with Gasteiger partial charge in [-0.25, -0.2) is 4.39 Å². The molecule has 6 nitrogen and oxygen atoms in total. The van der Waals surface area contributed by atoms with Gasteiger partial charge >= 0.3 is 0 Å². The van der Waals surface area contributed by atoms with Crippen LogP contribution in [0.1, 0.15) is 0 Å². The maximum atomic E-state index is 14.0. The van der Waals surface area contributed by atoms with Crippen molar-refractivity contribution in [2.24, 2.45) is 4.99 Å². The summed E-state index contributed by atoms with van der Waals surface area (Å²) < 4.78 is 14.0. The summed E-state index contributed by atoms with van der Waals surface area (Å²) in [6.45, 7) is 7.47. The van der Waals surface area contributed by atoms with Crippen molar-refractivity contribution >= 4 is 35.6 Å². The lowest BCUT2D eigenvalue weighted by Gasteiger charge is -2.40. The van der Waals surface area contributed by atoms with E-state index in [1.165, 1.54) is 6.07 Å². The molecule has 2 aliphatic heterocycles. The number of hydrogen-bond donors (Lipinski definition) is 1. The minimum Gasteiger partial charge on any atom is -0.366 e. The van der Waals surface area contributed by atoms with Gasteiger partial charge in [-0.05, 0) is 26.2 Å². The molecule has 0 saturated carbocycles. The molecule has 8 heteroatoms. The molecule has 1 N–H and O–H groups in total. The molecular formula is C19H32FIN6. The monoisotopic (exact) mass is 490 g/mol. The number of benzene rings is 1. The van der Waals surface area contributed by atoms with Crippen molar-refractivity contribution in [2.45, 2.75) is 6.04 Å². The number of nitrogens with one attached hydrogen (secondary N) is 1. The second-order valence-electron chi connectivity index (χ2n) is 7.25. The molecule has 0 bridgehead atoms. The van der Waals surface area contributed by atoms with Gasteiger partial charge in [0.25, 0.3) is 0 Å². The molecule has 0 spiro atoms. The van der Waals surface area contributed by atoms with Crippen LogP contribution in [0.2, 0.25) is 0 Å². The van der Waals surface area contributed by atoms with Crippen LogP contribution in [0.15, 0.2) is 29.3 Å². The van der Waals surface area contributed by atoms with Gasteiger partial charge in [0.2, 0.25) is 0 Å². The minimum atomic E-state index is -0.145. The van der Waals surface area contributed by atoms with Crippen LogP contribution < -0.4 is 10.2 Å². The third-order valence-corrected chi connectivity index (χ3v) is 5.46. The first-order chi connectivity index (χ1) is 12.6. The van der Waals surface area contributed by atoms with Crippen LogP contribution in [-0.4, -0.2) is 100 Å². The van der Waals surface area contributed by atoms with E-state index in [1.807, 2.05) is 19.2 Å². The number of para-hydroxylation sites is 1. The van der Waals surface area contributed by atoms with Crippen LogP contribution in [0.4, 0.5) is 10.1 Å². The Morgan fingerprint density at radius 2 is 1.81 bits per heavy atom. The van der Waals surface area contributed by atoms with Crippen LogP contribution in [0, 0.1) is 5.82 Å². The van der Waals surface area contributed by atoms with Crippen molar-refractivity contribution in [1.82, 2.24) is 20.0 Å². The Morgan fingerprint density at radius 1 is 1.11 bits per heavy atom. The van der Waals surface area contributed by atoms with Gasteiger partial charge in [-0.1, -0.05) is 12.1 Å². The summed E-state index contributed by atoms with van der Waals surface area (Å²) in [5.74, 6) is 0.799. The van der Waals surface area contributed by atoms with Gasteiger partial charge < -0.3 is 20.0 Å². The molecule has 27 heavy (non-hydrogen) atoms. The third-order valence-electron chi connectivity index (χ3n) is 5.46. The van der Waals surface area contributed by atoms with Gasteiger partial charge in [0.1, 0.15) is 5.82 Å². The number of guanidine groups is 1. The number of halogens is 2. The van der Waals surface area contributed by atoms with Crippen LogP contribution in [0.3, 0.4) is 0 Å². The summed E-state index contributed by atoms with van der Waals surface area (Å²) in [5.41, 5.74) is 0.696. The maximum absolute atomic E-state index is 14.0. The van der Waals surface area contributed by atoms with Gasteiger partial charge in [-0.15, -0.1) is 24.0 Å². The van der Waals surface area contributed by atoms with E-state index >= 15 is 0 Å². The van der Waals surface area contributed by atoms with E-state index in [2.05, 4.69) is 44.0 Å². The molecule has 2 aliphatic rings. The van der Waals surface area contributed by atoms with Crippen LogP contribution in [-0.2, 0) is 0 Å². The number of nitrogens with zero attached hydrogens (tertiary/aromatic N) is 5. The number of rotatable bonds is 3. The lowest BCUT2D eigenvalue weighted by Crippen LogP contribution is -2.57. The summed E-state index contributed by atoms with van der Waals surface area (Å²) in [5, 5.41) is 3.54. The quantitative estimate of drug-likeness (QED) is 0.394. The van der Waals surface area contributed by atoms with Crippen LogP contribution in [0.25, 0.3) is 0 Å². The zero-order valence-electron chi connectivity index (χ0n) is 16.6. The summed E-state index contributed by atoms with van der Waals surface area (Å²) in [7, 11) is 6.20. The molecule has 1 atom stereocenters. The Bertz CT molecular complexity index is 620. The zero-order chi connectivity index (χ0) is 18.5. The second kappa shape index (κ2) is 10.4. The Balaban J connectivity index is 0.00000261. The highest BCUT2D eigenvalue weighted by molar-refractivity contribution is 14.0. The van der Waals surface area contributed by atoms with E-state index in [1.54, 1.807) is 6.07 Å². The minimum absolute atomic E-state index is 0. The first kappa shape index (κ1) is 22.2. The predicted octanol–water partition coefficient (Wildman–Crippen LogP) is 1.39. The molecule has 0 amide bonds. The number of piperazine rings is 2. The summed E-state index contributed by atoms with van der Waals surface area (Å²) in [4.78, 5) is 13.6. The Hall–Kier alpha value is -1.13. The largest absolute Gasteiger partial charge is 0.366 e. The van der Waals surface area contributed by atoms with Gasteiger partial charge in [0.15, 0.2) is 5.96 Å². The van der Waals surface area contributed by atoms with Crippen LogP contribution in [0.5, 0.6) is 0 Å². The average Bonchev–Trinajstić information content (AvgIpc) is 2.66. The molecule has 2 heterocycles. The van der Waals surface area contributed by atoms with Crippen LogP contribution >= 0.6 is 24.0 Å². The SMILES string of the molecule is CN=C(NCC1CN(C)CCN1C)N1CCN(c2ccccc2F)CC1.I. The van der Waals surface area contributed by atoms with Gasteiger partial charge in [-0.3, -0.25) is 9.89 Å². The van der Waals surface area contributed by atoms with Crippen molar-refractivity contribution in [3.63, 3.8) is 0 Å². The summed E-state index contributed by atoms with van der Waals surface area (Å²) in [6.07, 6.45) is 0. The van der Waals surface area contributed by atoms with Crippen molar-refractivity contribution in [3.05, 3.63) is 30.1 Å². The van der Waals surface area contributed by atoms with E-state index < -0.39 is 0 Å². The molecular weight excluding hydrogens is 458 g/mol. The zero-order valence-corrected chi connectivity index (χ0v) is 18.9. The normalized spacial score (nSPS) is 22.5. The molecule has 2 fully saturated rings. The van der Waals surface area contributed by atoms with Gasteiger partial charge in [0.05, 0.1) is 5.69 Å². The van der Waals surface area contributed by atoms with Crippen molar-refractivity contribution in [2.75, 3.05) is 78.4 Å². The number of hydrogen-bond acceptors (Lipinski definition) is 4. The molecule has 0 aromatic heterocycles. The Labute approximate surface area is 179 Å². The molecule has 152 valence electrons. The molecule has 1 aromatic carbocycles. The molecule has 3 rings (SSSR count). The highest BCUT2D eigenvalue weighted by Gasteiger charge is 2.25. The molecule has 0 aliphatic carbocycles. The predicted molar refractivity (Wildman–Crippen MR) is 121 cm³/mol. The fourth-order valence-electron chi connectivity index (χ4n) is 3.73. The van der Waals surface area contributed by atoms with E-state index in [0.717, 1.165) is 58.3 Å². The molecule has 0 radical (unpaired) electrons. The molecule has 2 saturated heterocycles.